The molecule has 1 amide bonds. The van der Waals surface area contributed by atoms with Gasteiger partial charge in [-0.2, -0.15) is 4.31 Å². The van der Waals surface area contributed by atoms with E-state index in [0.29, 0.717) is 18.5 Å². The normalized spacial score (nSPS) is 16.2. The number of sulfonamides is 1. The van der Waals surface area contributed by atoms with Crippen LogP contribution >= 0.6 is 0 Å². The molecule has 2 aromatic rings. The monoisotopic (exact) mass is 394 g/mol. The second-order valence-corrected chi connectivity index (χ2v) is 8.34. The molecule has 5 nitrogen and oxygen atoms in total. The topological polar surface area (TPSA) is 57.7 Å². The summed E-state index contributed by atoms with van der Waals surface area (Å²) in [5.74, 6) is -2.42. The summed E-state index contributed by atoms with van der Waals surface area (Å²) in [4.78, 5) is 13.3. The minimum atomic E-state index is -4.32. The maximum Gasteiger partial charge on any atom is 0.253 e. The molecule has 0 spiro atoms. The van der Waals surface area contributed by atoms with E-state index >= 15 is 0 Å². The van der Waals surface area contributed by atoms with E-state index in [0.717, 1.165) is 28.1 Å². The molecule has 0 bridgehead atoms. The van der Waals surface area contributed by atoms with E-state index in [-0.39, 0.29) is 25.5 Å². The quantitative estimate of drug-likeness (QED) is 0.804. The molecule has 3 rings (SSSR count). The number of benzene rings is 2. The van der Waals surface area contributed by atoms with Gasteiger partial charge in [-0.05, 0) is 37.6 Å². The van der Waals surface area contributed by atoms with E-state index in [1.165, 1.54) is 0 Å². The zero-order valence-electron chi connectivity index (χ0n) is 14.9. The van der Waals surface area contributed by atoms with E-state index in [1.807, 2.05) is 13.0 Å². The van der Waals surface area contributed by atoms with Crippen LogP contribution < -0.4 is 0 Å². The van der Waals surface area contributed by atoms with Crippen molar-refractivity contribution in [3.8, 4) is 0 Å². The highest BCUT2D eigenvalue weighted by atomic mass is 32.2. The van der Waals surface area contributed by atoms with Crippen LogP contribution in [0.1, 0.15) is 22.3 Å². The number of amides is 1. The second-order valence-electron chi connectivity index (χ2n) is 6.47. The first-order valence-corrected chi connectivity index (χ1v) is 10.0. The fourth-order valence-electron chi connectivity index (χ4n) is 3.16. The molecule has 1 aliphatic heterocycles. The summed E-state index contributed by atoms with van der Waals surface area (Å²) >= 11 is 0. The van der Waals surface area contributed by atoms with Gasteiger partial charge in [-0.3, -0.25) is 4.79 Å². The average molecular weight is 394 g/mol. The van der Waals surface area contributed by atoms with Crippen LogP contribution in [0, 0.1) is 18.6 Å². The van der Waals surface area contributed by atoms with Crippen molar-refractivity contribution in [3.05, 3.63) is 65.2 Å². The molecule has 0 N–H and O–H groups in total. The lowest BCUT2D eigenvalue weighted by atomic mass is 10.1. The molecule has 27 heavy (non-hydrogen) atoms. The molecule has 0 aromatic heterocycles. The van der Waals surface area contributed by atoms with Crippen LogP contribution in [0.5, 0.6) is 0 Å². The summed E-state index contributed by atoms with van der Waals surface area (Å²) in [6, 6.07) is 10.1. The third kappa shape index (κ3) is 4.01. The Bertz CT molecular complexity index is 943. The predicted octanol–water partition coefficient (Wildman–Crippen LogP) is 2.81. The zero-order chi connectivity index (χ0) is 19.6. The van der Waals surface area contributed by atoms with Crippen molar-refractivity contribution in [2.24, 2.45) is 0 Å². The lowest BCUT2D eigenvalue weighted by molar-refractivity contribution is 0.0764. The Morgan fingerprint density at radius 3 is 2.30 bits per heavy atom. The Morgan fingerprint density at radius 2 is 1.63 bits per heavy atom. The number of hydrogen-bond acceptors (Lipinski definition) is 3. The van der Waals surface area contributed by atoms with Gasteiger partial charge in [0.1, 0.15) is 11.6 Å². The molecule has 8 heteroatoms. The molecule has 0 unspecified atom stereocenters. The lowest BCUT2D eigenvalue weighted by Crippen LogP contribution is -2.37. The van der Waals surface area contributed by atoms with Crippen molar-refractivity contribution < 1.29 is 22.0 Å². The number of rotatable bonds is 3. The van der Waals surface area contributed by atoms with Crippen molar-refractivity contribution in [1.82, 2.24) is 9.21 Å². The van der Waals surface area contributed by atoms with E-state index < -0.39 is 26.6 Å². The Kier molecular flexibility index (Phi) is 5.57. The molecule has 0 aliphatic carbocycles. The molecule has 0 radical (unpaired) electrons. The number of nitrogens with zero attached hydrogens (tertiary/aromatic N) is 2. The van der Waals surface area contributed by atoms with E-state index in [9.17, 15) is 22.0 Å². The number of aryl methyl sites for hydroxylation is 1. The van der Waals surface area contributed by atoms with Crippen LogP contribution in [0.15, 0.2) is 47.4 Å². The summed E-state index contributed by atoms with van der Waals surface area (Å²) in [6.45, 7) is 2.48. The van der Waals surface area contributed by atoms with Crippen LogP contribution in [0.3, 0.4) is 0 Å². The molecule has 0 atom stereocenters. The van der Waals surface area contributed by atoms with Gasteiger partial charge in [0.15, 0.2) is 4.90 Å². The molecule has 1 aliphatic rings. The van der Waals surface area contributed by atoms with E-state index in [2.05, 4.69) is 0 Å². The summed E-state index contributed by atoms with van der Waals surface area (Å²) in [5, 5.41) is 0. The van der Waals surface area contributed by atoms with Gasteiger partial charge >= 0.3 is 0 Å². The fraction of sp³-hybridized carbons (Fsp3) is 0.316. The van der Waals surface area contributed by atoms with Gasteiger partial charge in [0.25, 0.3) is 5.91 Å². The van der Waals surface area contributed by atoms with E-state index in [4.69, 9.17) is 0 Å². The fourth-order valence-corrected chi connectivity index (χ4v) is 4.73. The first-order chi connectivity index (χ1) is 12.8. The Balaban J connectivity index is 1.79. The van der Waals surface area contributed by atoms with E-state index in [1.54, 1.807) is 23.1 Å². The zero-order valence-corrected chi connectivity index (χ0v) is 15.7. The third-order valence-electron chi connectivity index (χ3n) is 4.52. The van der Waals surface area contributed by atoms with Crippen molar-refractivity contribution in [3.63, 3.8) is 0 Å². The summed E-state index contributed by atoms with van der Waals surface area (Å²) in [5.41, 5.74) is 1.49. The largest absolute Gasteiger partial charge is 0.337 e. The molecular weight excluding hydrogens is 374 g/mol. The van der Waals surface area contributed by atoms with Crippen molar-refractivity contribution >= 4 is 15.9 Å². The third-order valence-corrected chi connectivity index (χ3v) is 6.47. The average Bonchev–Trinajstić information content (AvgIpc) is 2.87. The summed E-state index contributed by atoms with van der Waals surface area (Å²) in [7, 11) is -4.32. The maximum absolute atomic E-state index is 14.0. The van der Waals surface area contributed by atoms with Gasteiger partial charge in [-0.25, -0.2) is 17.2 Å². The number of halogens is 2. The van der Waals surface area contributed by atoms with Crippen molar-refractivity contribution in [1.29, 1.82) is 0 Å². The summed E-state index contributed by atoms with van der Waals surface area (Å²) in [6.07, 6.45) is 0.382. The first kappa shape index (κ1) is 19.4. The van der Waals surface area contributed by atoms with Crippen LogP contribution in [0.2, 0.25) is 0 Å². The Morgan fingerprint density at radius 1 is 0.963 bits per heavy atom. The van der Waals surface area contributed by atoms with Gasteiger partial charge in [-0.1, -0.05) is 23.8 Å². The first-order valence-electron chi connectivity index (χ1n) is 8.61. The minimum absolute atomic E-state index is 0.0202. The number of carbonyl (C=O) groups is 1. The van der Waals surface area contributed by atoms with Crippen LogP contribution in [-0.4, -0.2) is 49.7 Å². The van der Waals surface area contributed by atoms with Crippen molar-refractivity contribution in [2.45, 2.75) is 18.2 Å². The van der Waals surface area contributed by atoms with Crippen molar-refractivity contribution in [2.75, 3.05) is 26.2 Å². The molecular formula is C19H20F2N2O3S. The highest BCUT2D eigenvalue weighted by Crippen LogP contribution is 2.24. The predicted molar refractivity (Wildman–Crippen MR) is 96.8 cm³/mol. The standard InChI is InChI=1S/C19H20F2N2O3S/c1-14-5-2-6-15(13-14)19(24)22-9-4-10-23(12-11-22)27(25,26)18-16(20)7-3-8-17(18)21/h2-3,5-8,13H,4,9-12H2,1H3. The minimum Gasteiger partial charge on any atom is -0.337 e. The van der Waals surface area contributed by atoms with Gasteiger partial charge in [0.05, 0.1) is 0 Å². The lowest BCUT2D eigenvalue weighted by Gasteiger charge is -2.22. The van der Waals surface area contributed by atoms with Crippen LogP contribution in [-0.2, 0) is 10.0 Å². The van der Waals surface area contributed by atoms with Gasteiger partial charge in [-0.15, -0.1) is 0 Å². The number of carbonyl (C=O) groups excluding carboxylic acids is 1. The highest BCUT2D eigenvalue weighted by molar-refractivity contribution is 7.89. The van der Waals surface area contributed by atoms with Gasteiger partial charge < -0.3 is 4.90 Å². The SMILES string of the molecule is Cc1cccc(C(=O)N2CCCN(S(=O)(=O)c3c(F)cccc3F)CC2)c1. The molecule has 144 valence electrons. The molecule has 1 fully saturated rings. The molecule has 0 saturated carbocycles. The van der Waals surface area contributed by atoms with Crippen LogP contribution in [0.4, 0.5) is 8.78 Å². The van der Waals surface area contributed by atoms with Gasteiger partial charge in [0.2, 0.25) is 10.0 Å². The summed E-state index contributed by atoms with van der Waals surface area (Å²) < 4.78 is 54.4. The maximum atomic E-state index is 14.0. The molecule has 1 saturated heterocycles. The Hall–Kier alpha value is -2.32. The number of hydrogen-bond donors (Lipinski definition) is 0. The highest BCUT2D eigenvalue weighted by Gasteiger charge is 2.32. The Labute approximate surface area is 157 Å². The molecule has 2 aromatic carbocycles. The smallest absolute Gasteiger partial charge is 0.253 e. The van der Waals surface area contributed by atoms with Crippen LogP contribution in [0.25, 0.3) is 0 Å². The van der Waals surface area contributed by atoms with Gasteiger partial charge in [0, 0.05) is 31.7 Å². The second kappa shape index (κ2) is 7.74. The molecule has 1 heterocycles.